The first-order chi connectivity index (χ1) is 9.01. The van der Waals surface area contributed by atoms with Gasteiger partial charge in [-0.25, -0.2) is 0 Å². The van der Waals surface area contributed by atoms with Gasteiger partial charge in [0.05, 0.1) is 19.3 Å². The van der Waals surface area contributed by atoms with Crippen LogP contribution in [0, 0.1) is 20.8 Å². The molecular weight excluding hydrogens is 240 g/mol. The van der Waals surface area contributed by atoms with E-state index in [4.69, 9.17) is 4.74 Å². The highest BCUT2D eigenvalue weighted by molar-refractivity contribution is 5.38. The first kappa shape index (κ1) is 13.6. The molecule has 1 unspecified atom stereocenters. The van der Waals surface area contributed by atoms with Crippen LogP contribution in [0.3, 0.4) is 0 Å². The van der Waals surface area contributed by atoms with Crippen molar-refractivity contribution in [2.24, 2.45) is 0 Å². The van der Waals surface area contributed by atoms with Crippen molar-refractivity contribution in [2.75, 3.05) is 7.11 Å². The molecular formula is C15H20N2O2. The molecule has 0 aliphatic rings. The first-order valence-corrected chi connectivity index (χ1v) is 6.35. The zero-order valence-electron chi connectivity index (χ0n) is 11.8. The largest absolute Gasteiger partial charge is 0.496 e. The van der Waals surface area contributed by atoms with Crippen LogP contribution in [-0.2, 0) is 6.54 Å². The maximum Gasteiger partial charge on any atom is 0.124 e. The van der Waals surface area contributed by atoms with Crippen molar-refractivity contribution in [1.82, 2.24) is 9.78 Å². The molecule has 0 aliphatic carbocycles. The molecule has 1 aromatic carbocycles. The topological polar surface area (TPSA) is 47.3 Å². The lowest BCUT2D eigenvalue weighted by Gasteiger charge is -2.16. The number of ether oxygens (including phenoxy) is 1. The number of benzene rings is 1. The van der Waals surface area contributed by atoms with Gasteiger partial charge in [0.1, 0.15) is 11.9 Å². The van der Waals surface area contributed by atoms with Gasteiger partial charge in [0.15, 0.2) is 0 Å². The Morgan fingerprint density at radius 1 is 1.26 bits per heavy atom. The van der Waals surface area contributed by atoms with Gasteiger partial charge in [-0.1, -0.05) is 11.6 Å². The Hall–Kier alpha value is -1.81. The average molecular weight is 260 g/mol. The minimum atomic E-state index is -0.632. The Morgan fingerprint density at radius 3 is 2.58 bits per heavy atom. The summed E-state index contributed by atoms with van der Waals surface area (Å²) in [7, 11) is 1.62. The van der Waals surface area contributed by atoms with E-state index in [1.165, 1.54) is 0 Å². The van der Waals surface area contributed by atoms with E-state index in [1.54, 1.807) is 7.11 Å². The smallest absolute Gasteiger partial charge is 0.124 e. The lowest BCUT2D eigenvalue weighted by atomic mass is 10.1. The molecule has 0 fully saturated rings. The molecule has 1 N–H and O–H groups in total. The zero-order valence-corrected chi connectivity index (χ0v) is 11.8. The van der Waals surface area contributed by atoms with E-state index >= 15 is 0 Å². The van der Waals surface area contributed by atoms with Crippen LogP contribution >= 0.6 is 0 Å². The fourth-order valence-corrected chi connectivity index (χ4v) is 2.24. The van der Waals surface area contributed by atoms with Gasteiger partial charge in [-0.2, -0.15) is 5.10 Å². The summed E-state index contributed by atoms with van der Waals surface area (Å²) in [5.41, 5.74) is 3.90. The zero-order chi connectivity index (χ0) is 14.0. The Bertz CT molecular complexity index is 576. The third-order valence-electron chi connectivity index (χ3n) is 3.19. The van der Waals surface area contributed by atoms with Gasteiger partial charge in [-0.05, 0) is 39.0 Å². The van der Waals surface area contributed by atoms with Crippen LogP contribution in [0.15, 0.2) is 24.3 Å². The lowest BCUT2D eigenvalue weighted by Crippen LogP contribution is -2.12. The number of methoxy groups -OCH3 is 1. The molecule has 2 aromatic rings. The predicted octanol–water partition coefficient (Wildman–Crippen LogP) is 2.55. The van der Waals surface area contributed by atoms with Crippen LogP contribution in [0.5, 0.6) is 5.75 Å². The Kier molecular flexibility index (Phi) is 3.90. The van der Waals surface area contributed by atoms with Crippen LogP contribution in [0.2, 0.25) is 0 Å². The second kappa shape index (κ2) is 5.45. The number of aliphatic hydroxyl groups is 1. The summed E-state index contributed by atoms with van der Waals surface area (Å²) in [5, 5.41) is 14.8. The van der Waals surface area contributed by atoms with Crippen molar-refractivity contribution in [3.8, 4) is 5.75 Å². The first-order valence-electron chi connectivity index (χ1n) is 6.35. The van der Waals surface area contributed by atoms with E-state index in [2.05, 4.69) is 5.10 Å². The molecule has 102 valence electrons. The highest BCUT2D eigenvalue weighted by atomic mass is 16.5. The second-order valence-electron chi connectivity index (χ2n) is 4.87. The number of aryl methyl sites for hydroxylation is 3. The molecule has 0 aliphatic heterocycles. The number of rotatable bonds is 4. The van der Waals surface area contributed by atoms with E-state index in [0.717, 1.165) is 22.5 Å². The van der Waals surface area contributed by atoms with Crippen LogP contribution in [0.1, 0.15) is 28.6 Å². The van der Waals surface area contributed by atoms with Crippen LogP contribution in [0.25, 0.3) is 0 Å². The molecule has 4 heteroatoms. The maximum absolute atomic E-state index is 10.4. The van der Waals surface area contributed by atoms with E-state index in [-0.39, 0.29) is 0 Å². The summed E-state index contributed by atoms with van der Waals surface area (Å²) in [6.07, 6.45) is -0.632. The number of hydrogen-bond donors (Lipinski definition) is 1. The van der Waals surface area contributed by atoms with Gasteiger partial charge in [0.25, 0.3) is 0 Å². The monoisotopic (exact) mass is 260 g/mol. The standard InChI is InChI=1S/C15H20N2O2/c1-10-5-6-15(19-4)13(7-10)14(18)9-17-12(3)8-11(2)16-17/h5-8,14,18H,9H2,1-4H3. The molecule has 1 heterocycles. The van der Waals surface area contributed by atoms with E-state index in [0.29, 0.717) is 12.3 Å². The molecule has 0 radical (unpaired) electrons. The van der Waals surface area contributed by atoms with Crippen molar-refractivity contribution >= 4 is 0 Å². The van der Waals surface area contributed by atoms with Crippen molar-refractivity contribution in [1.29, 1.82) is 0 Å². The number of nitrogens with zero attached hydrogens (tertiary/aromatic N) is 2. The summed E-state index contributed by atoms with van der Waals surface area (Å²) in [4.78, 5) is 0. The summed E-state index contributed by atoms with van der Waals surface area (Å²) < 4.78 is 7.13. The van der Waals surface area contributed by atoms with Crippen molar-refractivity contribution < 1.29 is 9.84 Å². The van der Waals surface area contributed by atoms with Gasteiger partial charge in [-0.15, -0.1) is 0 Å². The molecule has 1 aromatic heterocycles. The van der Waals surface area contributed by atoms with Crippen molar-refractivity contribution in [3.63, 3.8) is 0 Å². The Labute approximate surface area is 113 Å². The molecule has 0 amide bonds. The molecule has 0 saturated heterocycles. The Balaban J connectivity index is 2.26. The van der Waals surface area contributed by atoms with Crippen molar-refractivity contribution in [2.45, 2.75) is 33.4 Å². The van der Waals surface area contributed by atoms with Gasteiger partial charge < -0.3 is 9.84 Å². The second-order valence-corrected chi connectivity index (χ2v) is 4.87. The van der Waals surface area contributed by atoms with Gasteiger partial charge in [0.2, 0.25) is 0 Å². The number of hydrogen-bond acceptors (Lipinski definition) is 3. The van der Waals surface area contributed by atoms with Crippen LogP contribution in [-0.4, -0.2) is 22.0 Å². The quantitative estimate of drug-likeness (QED) is 0.919. The molecule has 0 bridgehead atoms. The molecule has 1 atom stereocenters. The highest BCUT2D eigenvalue weighted by Crippen LogP contribution is 2.27. The van der Waals surface area contributed by atoms with Crippen LogP contribution < -0.4 is 4.74 Å². The maximum atomic E-state index is 10.4. The molecule has 19 heavy (non-hydrogen) atoms. The molecule has 0 spiro atoms. The van der Waals surface area contributed by atoms with Gasteiger partial charge in [0, 0.05) is 11.3 Å². The SMILES string of the molecule is COc1ccc(C)cc1C(O)Cn1nc(C)cc1C. The van der Waals surface area contributed by atoms with E-state index < -0.39 is 6.10 Å². The third kappa shape index (κ3) is 2.96. The minimum absolute atomic E-state index is 0.430. The summed E-state index contributed by atoms with van der Waals surface area (Å²) in [6.45, 7) is 6.36. The van der Waals surface area contributed by atoms with E-state index in [1.807, 2.05) is 49.7 Å². The van der Waals surface area contributed by atoms with Gasteiger partial charge >= 0.3 is 0 Å². The summed E-state index contributed by atoms with van der Waals surface area (Å²) in [5.74, 6) is 0.708. The minimum Gasteiger partial charge on any atom is -0.496 e. The third-order valence-corrected chi connectivity index (χ3v) is 3.19. The van der Waals surface area contributed by atoms with Gasteiger partial charge in [-0.3, -0.25) is 4.68 Å². The number of aromatic nitrogens is 2. The molecule has 0 saturated carbocycles. The normalized spacial score (nSPS) is 12.5. The predicted molar refractivity (Wildman–Crippen MR) is 74.4 cm³/mol. The Morgan fingerprint density at radius 2 is 2.00 bits per heavy atom. The van der Waals surface area contributed by atoms with Crippen molar-refractivity contribution in [3.05, 3.63) is 46.8 Å². The number of aliphatic hydroxyl groups excluding tert-OH is 1. The summed E-state index contributed by atoms with van der Waals surface area (Å²) in [6, 6.07) is 7.81. The summed E-state index contributed by atoms with van der Waals surface area (Å²) >= 11 is 0. The molecule has 2 rings (SSSR count). The van der Waals surface area contributed by atoms with E-state index in [9.17, 15) is 5.11 Å². The fraction of sp³-hybridized carbons (Fsp3) is 0.400. The molecule has 4 nitrogen and oxygen atoms in total. The fourth-order valence-electron chi connectivity index (χ4n) is 2.24. The average Bonchev–Trinajstić information content (AvgIpc) is 2.67. The lowest BCUT2D eigenvalue weighted by molar-refractivity contribution is 0.147. The highest BCUT2D eigenvalue weighted by Gasteiger charge is 2.15. The van der Waals surface area contributed by atoms with Crippen LogP contribution in [0.4, 0.5) is 0 Å².